The summed E-state index contributed by atoms with van der Waals surface area (Å²) in [6.45, 7) is 0.196. The van der Waals surface area contributed by atoms with Crippen molar-refractivity contribution in [1.29, 1.82) is 0 Å². The van der Waals surface area contributed by atoms with Crippen molar-refractivity contribution in [1.82, 2.24) is 10.6 Å². The van der Waals surface area contributed by atoms with E-state index in [1.807, 2.05) is 36.4 Å². The Morgan fingerprint density at radius 1 is 0.839 bits per heavy atom. The van der Waals surface area contributed by atoms with E-state index in [0.29, 0.717) is 0 Å². The summed E-state index contributed by atoms with van der Waals surface area (Å²) in [5.74, 6) is -1.30. The summed E-state index contributed by atoms with van der Waals surface area (Å²) < 4.78 is 10.0. The van der Waals surface area contributed by atoms with E-state index in [0.717, 1.165) is 11.1 Å². The van der Waals surface area contributed by atoms with Crippen molar-refractivity contribution >= 4 is 18.2 Å². The van der Waals surface area contributed by atoms with Crippen molar-refractivity contribution in [2.75, 3.05) is 6.54 Å². The van der Waals surface area contributed by atoms with Gasteiger partial charge in [0, 0.05) is 13.0 Å². The van der Waals surface area contributed by atoms with Crippen LogP contribution in [0.1, 0.15) is 24.0 Å². The van der Waals surface area contributed by atoms with Crippen LogP contribution in [0.5, 0.6) is 0 Å². The fraction of sp³-hybridized carbons (Fsp3) is 0.318. The van der Waals surface area contributed by atoms with Gasteiger partial charge in [-0.05, 0) is 17.5 Å². The summed E-state index contributed by atoms with van der Waals surface area (Å²) in [6.07, 6.45) is -2.76. The first-order chi connectivity index (χ1) is 14.9. The first-order valence-electron chi connectivity index (χ1n) is 9.76. The van der Waals surface area contributed by atoms with Gasteiger partial charge in [-0.25, -0.2) is 14.4 Å². The van der Waals surface area contributed by atoms with Crippen molar-refractivity contribution in [2.45, 2.75) is 38.2 Å². The summed E-state index contributed by atoms with van der Waals surface area (Å²) in [7, 11) is 0. The third-order valence-electron chi connectivity index (χ3n) is 4.27. The number of aliphatic carboxylic acids is 1. The largest absolute Gasteiger partial charge is 0.480 e. The normalized spacial score (nSPS) is 12.3. The zero-order valence-electron chi connectivity index (χ0n) is 16.9. The molecule has 9 heteroatoms. The van der Waals surface area contributed by atoms with Gasteiger partial charge >= 0.3 is 18.2 Å². The van der Waals surface area contributed by atoms with E-state index in [1.165, 1.54) is 0 Å². The van der Waals surface area contributed by atoms with E-state index in [-0.39, 0.29) is 32.6 Å². The van der Waals surface area contributed by atoms with Crippen molar-refractivity contribution in [3.05, 3.63) is 71.8 Å². The van der Waals surface area contributed by atoms with Crippen molar-refractivity contribution < 1.29 is 34.1 Å². The first-order valence-corrected chi connectivity index (χ1v) is 9.76. The number of benzene rings is 2. The summed E-state index contributed by atoms with van der Waals surface area (Å²) >= 11 is 0. The van der Waals surface area contributed by atoms with Crippen LogP contribution in [-0.4, -0.2) is 47.1 Å². The van der Waals surface area contributed by atoms with Gasteiger partial charge in [0.05, 0.1) is 6.10 Å². The van der Waals surface area contributed by atoms with Crippen LogP contribution >= 0.6 is 0 Å². The maximum absolute atomic E-state index is 11.9. The first kappa shape index (κ1) is 23.7. The molecule has 31 heavy (non-hydrogen) atoms. The summed E-state index contributed by atoms with van der Waals surface area (Å²) in [6, 6.07) is 16.8. The van der Waals surface area contributed by atoms with Crippen molar-refractivity contribution in [3.8, 4) is 0 Å². The Morgan fingerprint density at radius 2 is 1.35 bits per heavy atom. The molecule has 2 aromatic carbocycles. The highest BCUT2D eigenvalue weighted by Gasteiger charge is 2.24. The minimum absolute atomic E-state index is 0.00339. The number of alkyl carbamates (subject to hydrolysis) is 2. The van der Waals surface area contributed by atoms with E-state index in [1.54, 1.807) is 24.3 Å². The molecule has 2 aromatic rings. The van der Waals surface area contributed by atoms with Gasteiger partial charge in [0.2, 0.25) is 0 Å². The molecular formula is C22H26N2O7. The molecule has 0 saturated carbocycles. The number of amides is 2. The number of carbonyl (C=O) groups is 3. The third-order valence-corrected chi connectivity index (χ3v) is 4.27. The Morgan fingerprint density at radius 3 is 1.87 bits per heavy atom. The Bertz CT molecular complexity index is 830. The fourth-order valence-electron chi connectivity index (χ4n) is 2.63. The number of aliphatic hydroxyl groups is 1. The predicted octanol–water partition coefficient (Wildman–Crippen LogP) is 2.43. The molecule has 4 N–H and O–H groups in total. The zero-order valence-corrected chi connectivity index (χ0v) is 16.9. The number of hydrogen-bond donors (Lipinski definition) is 4. The molecule has 0 saturated heterocycles. The molecule has 2 atom stereocenters. The van der Waals surface area contributed by atoms with Gasteiger partial charge in [-0.15, -0.1) is 0 Å². The van der Waals surface area contributed by atoms with Crippen LogP contribution in [0.4, 0.5) is 9.59 Å². The van der Waals surface area contributed by atoms with E-state index >= 15 is 0 Å². The van der Waals surface area contributed by atoms with Crippen LogP contribution in [0.25, 0.3) is 0 Å². The number of ether oxygens (including phenoxy) is 2. The third kappa shape index (κ3) is 9.64. The lowest BCUT2D eigenvalue weighted by molar-refractivity contribution is -0.140. The molecule has 0 bridgehead atoms. The van der Waals surface area contributed by atoms with E-state index in [2.05, 4.69) is 10.6 Å². The molecule has 166 valence electrons. The minimum Gasteiger partial charge on any atom is -0.480 e. The van der Waals surface area contributed by atoms with Crippen LogP contribution < -0.4 is 10.6 Å². The van der Waals surface area contributed by atoms with E-state index in [4.69, 9.17) is 9.47 Å². The average Bonchev–Trinajstić information content (AvgIpc) is 2.77. The Kier molecular flexibility index (Phi) is 9.83. The monoisotopic (exact) mass is 430 g/mol. The van der Waals surface area contributed by atoms with Gasteiger partial charge in [0.25, 0.3) is 0 Å². The molecule has 2 rings (SSSR count). The lowest BCUT2D eigenvalue weighted by Crippen LogP contribution is -2.43. The quantitative estimate of drug-likeness (QED) is 0.430. The van der Waals surface area contributed by atoms with Crippen LogP contribution in [0.15, 0.2) is 60.7 Å². The highest BCUT2D eigenvalue weighted by atomic mass is 16.6. The molecule has 0 heterocycles. The second-order valence-electron chi connectivity index (χ2n) is 6.76. The van der Waals surface area contributed by atoms with Gasteiger partial charge in [-0.1, -0.05) is 60.7 Å². The molecule has 2 amide bonds. The zero-order chi connectivity index (χ0) is 22.5. The molecular weight excluding hydrogens is 404 g/mol. The smallest absolute Gasteiger partial charge is 0.408 e. The van der Waals surface area contributed by atoms with E-state index in [9.17, 15) is 24.6 Å². The van der Waals surface area contributed by atoms with Gasteiger partial charge < -0.3 is 30.3 Å². The number of carboxylic acids is 1. The maximum Gasteiger partial charge on any atom is 0.408 e. The Hall–Kier alpha value is -3.59. The predicted molar refractivity (Wildman–Crippen MR) is 111 cm³/mol. The number of hydrogen-bond acceptors (Lipinski definition) is 6. The summed E-state index contributed by atoms with van der Waals surface area (Å²) in [5.41, 5.74) is 1.60. The maximum atomic E-state index is 11.9. The van der Waals surface area contributed by atoms with Crippen LogP contribution in [0.3, 0.4) is 0 Å². The van der Waals surface area contributed by atoms with Crippen molar-refractivity contribution in [2.24, 2.45) is 0 Å². The highest BCUT2D eigenvalue weighted by molar-refractivity contribution is 5.79. The number of rotatable bonds is 11. The lowest BCUT2D eigenvalue weighted by Gasteiger charge is -2.18. The topological polar surface area (TPSA) is 134 Å². The second-order valence-corrected chi connectivity index (χ2v) is 6.76. The molecule has 0 spiro atoms. The standard InChI is InChI=1S/C22H26N2O7/c25-18(11-12-23-21(28)30-14-16-7-3-1-4-8-16)13-19(20(26)27)24-22(29)31-15-17-9-5-2-6-10-17/h1-10,18-19,25H,11-15H2,(H,23,28)(H,24,29)(H,26,27)/t18?,19-/m0/s1. The van der Waals surface area contributed by atoms with E-state index < -0.39 is 30.3 Å². The number of carboxylic acid groups (broad SMARTS) is 1. The lowest BCUT2D eigenvalue weighted by atomic mass is 10.1. The van der Waals surface area contributed by atoms with Crippen LogP contribution in [0.2, 0.25) is 0 Å². The highest BCUT2D eigenvalue weighted by Crippen LogP contribution is 2.06. The molecule has 9 nitrogen and oxygen atoms in total. The minimum atomic E-state index is -1.33. The summed E-state index contributed by atoms with van der Waals surface area (Å²) in [4.78, 5) is 34.9. The molecule has 0 radical (unpaired) electrons. The molecule has 0 fully saturated rings. The SMILES string of the molecule is O=C(NCCC(O)C[C@H](NC(=O)OCc1ccccc1)C(=O)O)OCc1ccccc1. The van der Waals surface area contributed by atoms with Gasteiger partial charge in [-0.3, -0.25) is 0 Å². The summed E-state index contributed by atoms with van der Waals surface area (Å²) in [5, 5.41) is 24.0. The second kappa shape index (κ2) is 12.9. The van der Waals surface area contributed by atoms with Crippen LogP contribution in [0, 0.1) is 0 Å². The number of aliphatic hydroxyl groups excluding tert-OH is 1. The Labute approximate surface area is 180 Å². The van der Waals surface area contributed by atoms with Crippen LogP contribution in [-0.2, 0) is 27.5 Å². The van der Waals surface area contributed by atoms with Gasteiger partial charge in [0.15, 0.2) is 0 Å². The molecule has 0 aromatic heterocycles. The Balaban J connectivity index is 1.66. The van der Waals surface area contributed by atoms with Gasteiger partial charge in [-0.2, -0.15) is 0 Å². The molecule has 1 unspecified atom stereocenters. The fourth-order valence-corrected chi connectivity index (χ4v) is 2.63. The van der Waals surface area contributed by atoms with Crippen molar-refractivity contribution in [3.63, 3.8) is 0 Å². The van der Waals surface area contributed by atoms with Gasteiger partial charge in [0.1, 0.15) is 19.3 Å². The molecule has 0 aliphatic heterocycles. The molecule has 0 aliphatic rings. The molecule has 0 aliphatic carbocycles. The number of nitrogens with one attached hydrogen (secondary N) is 2. The number of carbonyl (C=O) groups excluding carboxylic acids is 2. The average molecular weight is 430 g/mol.